The fourth-order valence-corrected chi connectivity index (χ4v) is 2.62. The third-order valence-corrected chi connectivity index (χ3v) is 3.75. The summed E-state index contributed by atoms with van der Waals surface area (Å²) in [5.41, 5.74) is 3.66. The fourth-order valence-electron chi connectivity index (χ4n) is 2.62. The lowest BCUT2D eigenvalue weighted by molar-refractivity contribution is 0.257. The second-order valence-electron chi connectivity index (χ2n) is 5.20. The lowest BCUT2D eigenvalue weighted by Crippen LogP contribution is -2.35. The fraction of sp³-hybridized carbons (Fsp3) is 0.312. The molecule has 0 atom stereocenters. The summed E-state index contributed by atoms with van der Waals surface area (Å²) in [6, 6.07) is 9.77. The summed E-state index contributed by atoms with van der Waals surface area (Å²) in [4.78, 5) is 14.4. The zero-order chi connectivity index (χ0) is 14.7. The molecule has 1 N–H and O–H groups in total. The van der Waals surface area contributed by atoms with E-state index in [1.807, 2.05) is 30.0 Å². The van der Waals surface area contributed by atoms with Gasteiger partial charge in [0.2, 0.25) is 0 Å². The third kappa shape index (κ3) is 2.86. The molecule has 1 aliphatic rings. The minimum absolute atomic E-state index is 0.111. The van der Waals surface area contributed by atoms with E-state index in [0.29, 0.717) is 11.4 Å². The molecule has 0 fully saturated rings. The van der Waals surface area contributed by atoms with Gasteiger partial charge in [-0.3, -0.25) is 4.90 Å². The number of para-hydroxylation sites is 1. The van der Waals surface area contributed by atoms with Gasteiger partial charge in [-0.2, -0.15) is 10.2 Å². The average Bonchev–Trinajstić information content (AvgIpc) is 2.72. The van der Waals surface area contributed by atoms with Gasteiger partial charge in [0.05, 0.1) is 17.6 Å². The predicted molar refractivity (Wildman–Crippen MR) is 82.5 cm³/mol. The van der Waals surface area contributed by atoms with E-state index in [1.54, 1.807) is 12.3 Å². The second-order valence-corrected chi connectivity index (χ2v) is 5.20. The van der Waals surface area contributed by atoms with E-state index < -0.39 is 0 Å². The molecule has 0 unspecified atom stereocenters. The summed E-state index contributed by atoms with van der Waals surface area (Å²) in [7, 11) is 0. The molecule has 0 saturated heterocycles. The van der Waals surface area contributed by atoms with E-state index in [0.717, 1.165) is 31.5 Å². The van der Waals surface area contributed by atoms with Crippen molar-refractivity contribution >= 4 is 17.4 Å². The number of aromatic nitrogens is 2. The number of fused-ring (bicyclic) bond motifs is 1. The van der Waals surface area contributed by atoms with Crippen LogP contribution in [-0.2, 0) is 6.42 Å². The molecule has 1 aromatic carbocycles. The number of rotatable bonds is 1. The number of amides is 2. The second kappa shape index (κ2) is 5.91. The molecule has 1 aliphatic heterocycles. The van der Waals surface area contributed by atoms with Crippen LogP contribution in [0.4, 0.5) is 16.2 Å². The number of nitrogens with one attached hydrogen (secondary N) is 1. The zero-order valence-electron chi connectivity index (χ0n) is 12.0. The van der Waals surface area contributed by atoms with Gasteiger partial charge in [0.1, 0.15) is 0 Å². The Kier molecular flexibility index (Phi) is 3.81. The van der Waals surface area contributed by atoms with Gasteiger partial charge in [-0.15, -0.1) is 0 Å². The van der Waals surface area contributed by atoms with E-state index in [9.17, 15) is 4.79 Å². The smallest absolute Gasteiger partial charge is 0.306 e. The third-order valence-electron chi connectivity index (χ3n) is 3.75. The van der Waals surface area contributed by atoms with Crippen molar-refractivity contribution in [1.82, 2.24) is 10.2 Å². The first-order chi connectivity index (χ1) is 10.3. The number of hydrogen-bond donors (Lipinski definition) is 1. The standard InChI is InChI=1S/C16H18N4O/c1-12-14(9-10-17-19-12)18-16(21)20-11-5-4-7-13-6-2-3-8-15(13)20/h2-3,6,8-10H,4-5,7,11H2,1H3,(H,17,18,21). The summed E-state index contributed by atoms with van der Waals surface area (Å²) in [5, 5.41) is 10.7. The highest BCUT2D eigenvalue weighted by Gasteiger charge is 2.21. The highest BCUT2D eigenvalue weighted by atomic mass is 16.2. The molecule has 1 aromatic heterocycles. The largest absolute Gasteiger partial charge is 0.326 e. The summed E-state index contributed by atoms with van der Waals surface area (Å²) < 4.78 is 0. The van der Waals surface area contributed by atoms with Crippen LogP contribution in [0.3, 0.4) is 0 Å². The van der Waals surface area contributed by atoms with E-state index in [1.165, 1.54) is 5.56 Å². The van der Waals surface area contributed by atoms with Gasteiger partial charge in [-0.25, -0.2) is 4.79 Å². The number of hydrogen-bond acceptors (Lipinski definition) is 3. The van der Waals surface area contributed by atoms with Gasteiger partial charge >= 0.3 is 6.03 Å². The zero-order valence-corrected chi connectivity index (χ0v) is 12.0. The number of urea groups is 1. The van der Waals surface area contributed by atoms with Gasteiger partial charge in [0.15, 0.2) is 0 Å². The van der Waals surface area contributed by atoms with Crippen LogP contribution in [0, 0.1) is 6.92 Å². The maximum absolute atomic E-state index is 12.6. The molecular weight excluding hydrogens is 264 g/mol. The molecule has 2 amide bonds. The number of carbonyl (C=O) groups excluding carboxylic acids is 1. The van der Waals surface area contributed by atoms with Crippen LogP contribution < -0.4 is 10.2 Å². The maximum atomic E-state index is 12.6. The van der Waals surface area contributed by atoms with E-state index in [2.05, 4.69) is 21.6 Å². The molecule has 0 radical (unpaired) electrons. The Bertz CT molecular complexity index is 656. The predicted octanol–water partition coefficient (Wildman–Crippen LogP) is 3.16. The van der Waals surface area contributed by atoms with Crippen LogP contribution >= 0.6 is 0 Å². The molecular formula is C16H18N4O. The minimum Gasteiger partial charge on any atom is -0.306 e. The minimum atomic E-state index is -0.111. The van der Waals surface area contributed by atoms with Crippen LogP contribution in [0.5, 0.6) is 0 Å². The molecule has 5 nitrogen and oxygen atoms in total. The summed E-state index contributed by atoms with van der Waals surface area (Å²) in [6.45, 7) is 2.57. The van der Waals surface area contributed by atoms with Gasteiger partial charge in [-0.05, 0) is 43.9 Å². The lowest BCUT2D eigenvalue weighted by Gasteiger charge is -2.23. The van der Waals surface area contributed by atoms with Crippen LogP contribution in [0.15, 0.2) is 36.5 Å². The molecule has 0 spiro atoms. The molecule has 0 aliphatic carbocycles. The van der Waals surface area contributed by atoms with Gasteiger partial charge in [0, 0.05) is 12.2 Å². The number of benzene rings is 1. The SMILES string of the molecule is Cc1nnccc1NC(=O)N1CCCCc2ccccc21. The lowest BCUT2D eigenvalue weighted by atomic mass is 10.1. The van der Waals surface area contributed by atoms with Crippen molar-refractivity contribution in [3.8, 4) is 0 Å². The molecule has 21 heavy (non-hydrogen) atoms. The van der Waals surface area contributed by atoms with E-state index in [4.69, 9.17) is 0 Å². The highest BCUT2D eigenvalue weighted by molar-refractivity contribution is 6.02. The Hall–Kier alpha value is -2.43. The van der Waals surface area contributed by atoms with Crippen LogP contribution in [0.1, 0.15) is 24.1 Å². The Labute approximate surface area is 124 Å². The Morgan fingerprint density at radius 1 is 1.24 bits per heavy atom. The van der Waals surface area contributed by atoms with Crippen LogP contribution in [-0.4, -0.2) is 22.8 Å². The number of nitrogens with zero attached hydrogens (tertiary/aromatic N) is 3. The Morgan fingerprint density at radius 3 is 2.95 bits per heavy atom. The number of anilines is 2. The first-order valence-corrected chi connectivity index (χ1v) is 7.20. The van der Waals surface area contributed by atoms with E-state index in [-0.39, 0.29) is 6.03 Å². The van der Waals surface area contributed by atoms with Crippen molar-refractivity contribution in [2.75, 3.05) is 16.8 Å². The molecule has 2 heterocycles. The van der Waals surface area contributed by atoms with Gasteiger partial charge < -0.3 is 5.32 Å². The molecule has 3 rings (SSSR count). The molecule has 108 valence electrons. The first-order valence-electron chi connectivity index (χ1n) is 7.20. The maximum Gasteiger partial charge on any atom is 0.326 e. The molecule has 5 heteroatoms. The Balaban J connectivity index is 1.86. The van der Waals surface area contributed by atoms with Crippen LogP contribution in [0.2, 0.25) is 0 Å². The summed E-state index contributed by atoms with van der Waals surface area (Å²) in [5.74, 6) is 0. The first kappa shape index (κ1) is 13.5. The summed E-state index contributed by atoms with van der Waals surface area (Å²) >= 11 is 0. The molecule has 2 aromatic rings. The normalized spacial score (nSPS) is 14.2. The topological polar surface area (TPSA) is 58.1 Å². The van der Waals surface area contributed by atoms with E-state index >= 15 is 0 Å². The molecule has 0 saturated carbocycles. The molecule has 0 bridgehead atoms. The van der Waals surface area contributed by atoms with Crippen molar-refractivity contribution in [2.45, 2.75) is 26.2 Å². The van der Waals surface area contributed by atoms with Crippen molar-refractivity contribution in [3.63, 3.8) is 0 Å². The van der Waals surface area contributed by atoms with Gasteiger partial charge in [0.25, 0.3) is 0 Å². The van der Waals surface area contributed by atoms with Crippen molar-refractivity contribution in [1.29, 1.82) is 0 Å². The Morgan fingerprint density at radius 2 is 2.10 bits per heavy atom. The number of aryl methyl sites for hydroxylation is 2. The quantitative estimate of drug-likeness (QED) is 0.874. The van der Waals surface area contributed by atoms with Crippen molar-refractivity contribution in [2.24, 2.45) is 0 Å². The van der Waals surface area contributed by atoms with Crippen molar-refractivity contribution < 1.29 is 4.79 Å². The summed E-state index contributed by atoms with van der Waals surface area (Å²) in [6.07, 6.45) is 4.72. The highest BCUT2D eigenvalue weighted by Crippen LogP contribution is 2.26. The average molecular weight is 282 g/mol. The number of carbonyl (C=O) groups is 1. The van der Waals surface area contributed by atoms with Crippen LogP contribution in [0.25, 0.3) is 0 Å². The monoisotopic (exact) mass is 282 g/mol. The van der Waals surface area contributed by atoms with Crippen molar-refractivity contribution in [3.05, 3.63) is 47.8 Å². The van der Waals surface area contributed by atoms with Gasteiger partial charge in [-0.1, -0.05) is 18.2 Å².